The fourth-order valence-electron chi connectivity index (χ4n) is 4.40. The number of amides is 1. The first-order chi connectivity index (χ1) is 14.8. The van der Waals surface area contributed by atoms with Gasteiger partial charge in [-0.05, 0) is 73.7 Å². The van der Waals surface area contributed by atoms with E-state index in [1.807, 2.05) is 32.0 Å². The molecule has 0 saturated heterocycles. The van der Waals surface area contributed by atoms with Crippen LogP contribution in [0.3, 0.4) is 0 Å². The van der Waals surface area contributed by atoms with Gasteiger partial charge in [-0.2, -0.15) is 4.68 Å². The smallest absolute Gasteiger partial charge is 0.349 e. The van der Waals surface area contributed by atoms with E-state index < -0.39 is 16.7 Å². The number of nitrogens with one attached hydrogen (secondary N) is 2. The summed E-state index contributed by atoms with van der Waals surface area (Å²) in [4.78, 5) is 38.2. The Morgan fingerprint density at radius 3 is 2.45 bits per heavy atom. The van der Waals surface area contributed by atoms with Crippen LogP contribution >= 0.6 is 0 Å². The number of ether oxygens (including phenoxy) is 1. The number of fused-ring (bicyclic) bond motifs is 2. The lowest BCUT2D eigenvalue weighted by molar-refractivity contribution is -0.123. The summed E-state index contributed by atoms with van der Waals surface area (Å²) in [6.07, 6.45) is 2.75. The highest BCUT2D eigenvalue weighted by molar-refractivity contribution is 6.07. The van der Waals surface area contributed by atoms with Crippen LogP contribution in [0, 0.1) is 13.8 Å². The molecule has 1 saturated carbocycles. The first kappa shape index (κ1) is 19.1. The van der Waals surface area contributed by atoms with E-state index >= 15 is 0 Å². The fourth-order valence-corrected chi connectivity index (χ4v) is 4.40. The number of aromatic amines is 1. The van der Waals surface area contributed by atoms with Crippen molar-refractivity contribution in [2.75, 3.05) is 11.1 Å². The second kappa shape index (κ2) is 6.56. The van der Waals surface area contributed by atoms with E-state index in [2.05, 4.69) is 15.4 Å². The van der Waals surface area contributed by atoms with Crippen LogP contribution in [0.25, 0.3) is 5.69 Å². The first-order valence-electron chi connectivity index (χ1n) is 10.0. The summed E-state index contributed by atoms with van der Waals surface area (Å²) in [6.45, 7) is 3.72. The molecule has 0 unspecified atom stereocenters. The molecule has 9 nitrogen and oxygen atoms in total. The zero-order valence-corrected chi connectivity index (χ0v) is 17.1. The van der Waals surface area contributed by atoms with Gasteiger partial charge in [0.25, 0.3) is 5.56 Å². The molecule has 0 atom stereocenters. The summed E-state index contributed by atoms with van der Waals surface area (Å²) in [6, 6.07) is 9.12. The molecule has 2 aromatic carbocycles. The molecule has 5 rings (SSSR count). The third kappa shape index (κ3) is 2.84. The lowest BCUT2D eigenvalue weighted by Crippen LogP contribution is -2.40. The average molecular weight is 419 g/mol. The second-order valence-electron chi connectivity index (χ2n) is 8.16. The minimum Gasteiger partial charge on any atom is -0.457 e. The van der Waals surface area contributed by atoms with E-state index in [9.17, 15) is 14.4 Å². The summed E-state index contributed by atoms with van der Waals surface area (Å²) >= 11 is 0. The van der Waals surface area contributed by atoms with Gasteiger partial charge in [-0.25, -0.2) is 4.79 Å². The number of hydrogen-bond acceptors (Lipinski definition) is 6. The number of rotatable bonds is 3. The SMILES string of the molecule is Cc1cc(-n2nc(N)c(=O)[nH]c2=O)cc(C)c1Oc1ccc2c(c1)C1(CCC1)C(=O)N2. The van der Waals surface area contributed by atoms with Gasteiger partial charge in [0, 0.05) is 5.69 Å². The topological polar surface area (TPSA) is 132 Å². The van der Waals surface area contributed by atoms with E-state index in [-0.39, 0.29) is 11.7 Å². The van der Waals surface area contributed by atoms with Gasteiger partial charge in [0.15, 0.2) is 0 Å². The number of nitrogens with two attached hydrogens (primary N) is 1. The van der Waals surface area contributed by atoms with Gasteiger partial charge < -0.3 is 15.8 Å². The fraction of sp³-hybridized carbons (Fsp3) is 0.273. The number of carbonyl (C=O) groups excluding carboxylic acids is 1. The van der Waals surface area contributed by atoms with Crippen LogP contribution in [0.15, 0.2) is 39.9 Å². The molecule has 1 aliphatic carbocycles. The number of hydrogen-bond donors (Lipinski definition) is 3. The number of benzene rings is 2. The maximum absolute atomic E-state index is 12.4. The highest BCUT2D eigenvalue weighted by Crippen LogP contribution is 2.52. The number of carbonyl (C=O) groups is 1. The van der Waals surface area contributed by atoms with Crippen molar-refractivity contribution in [1.29, 1.82) is 0 Å². The van der Waals surface area contributed by atoms with Crippen molar-refractivity contribution in [1.82, 2.24) is 14.8 Å². The zero-order valence-electron chi connectivity index (χ0n) is 17.1. The Morgan fingerprint density at radius 2 is 1.81 bits per heavy atom. The minimum atomic E-state index is -0.719. The Bertz CT molecular complexity index is 1340. The molecule has 9 heteroatoms. The Balaban J connectivity index is 1.51. The Morgan fingerprint density at radius 1 is 1.10 bits per heavy atom. The predicted octanol–water partition coefficient (Wildman–Crippen LogP) is 2.29. The van der Waals surface area contributed by atoms with Crippen LogP contribution < -0.4 is 27.0 Å². The van der Waals surface area contributed by atoms with E-state index in [0.29, 0.717) is 17.2 Å². The maximum Gasteiger partial charge on any atom is 0.349 e. The number of aromatic nitrogens is 3. The zero-order chi connectivity index (χ0) is 21.9. The number of H-pyrrole nitrogens is 1. The molecule has 3 aromatic rings. The summed E-state index contributed by atoms with van der Waals surface area (Å²) < 4.78 is 7.25. The molecule has 1 fully saturated rings. The first-order valence-corrected chi connectivity index (χ1v) is 10.0. The van der Waals surface area contributed by atoms with Gasteiger partial charge in [-0.15, -0.1) is 5.10 Å². The second-order valence-corrected chi connectivity index (χ2v) is 8.16. The minimum absolute atomic E-state index is 0.0701. The molecule has 2 heterocycles. The molecule has 1 aliphatic heterocycles. The highest BCUT2D eigenvalue weighted by atomic mass is 16.5. The number of aryl methyl sites for hydroxylation is 2. The van der Waals surface area contributed by atoms with E-state index in [4.69, 9.17) is 10.5 Å². The van der Waals surface area contributed by atoms with Crippen LogP contribution in [0.5, 0.6) is 11.5 Å². The van der Waals surface area contributed by atoms with Crippen molar-refractivity contribution in [2.45, 2.75) is 38.5 Å². The van der Waals surface area contributed by atoms with Crippen molar-refractivity contribution in [3.05, 3.63) is 67.9 Å². The van der Waals surface area contributed by atoms with Crippen molar-refractivity contribution >= 4 is 17.4 Å². The largest absolute Gasteiger partial charge is 0.457 e. The Kier molecular flexibility index (Phi) is 4.04. The van der Waals surface area contributed by atoms with Crippen molar-refractivity contribution < 1.29 is 9.53 Å². The van der Waals surface area contributed by atoms with Crippen molar-refractivity contribution in [3.8, 4) is 17.2 Å². The standard InChI is InChI=1S/C22H21N5O4/c1-11-8-13(27-21(30)25-19(28)18(23)26-27)9-12(2)17(11)31-14-4-5-16-15(10-14)22(6-3-7-22)20(29)24-16/h4-5,8-10H,3,6-7H2,1-2H3,(H2,23,26)(H,24,29)(H,25,28,30). The summed E-state index contributed by atoms with van der Waals surface area (Å²) in [7, 11) is 0. The molecule has 1 spiro atoms. The number of nitrogens with zero attached hydrogens (tertiary/aromatic N) is 2. The molecular formula is C22H21N5O4. The quantitative estimate of drug-likeness (QED) is 0.597. The van der Waals surface area contributed by atoms with Crippen LogP contribution in [0.4, 0.5) is 11.5 Å². The van der Waals surface area contributed by atoms with Gasteiger partial charge in [-0.1, -0.05) is 6.42 Å². The van der Waals surface area contributed by atoms with Gasteiger partial charge in [0.05, 0.1) is 11.1 Å². The molecule has 4 N–H and O–H groups in total. The maximum atomic E-state index is 12.4. The Labute approximate surface area is 176 Å². The lowest BCUT2D eigenvalue weighted by atomic mass is 9.65. The highest BCUT2D eigenvalue weighted by Gasteiger charge is 2.51. The third-order valence-corrected chi connectivity index (χ3v) is 6.16. The van der Waals surface area contributed by atoms with E-state index in [0.717, 1.165) is 46.3 Å². The monoisotopic (exact) mass is 419 g/mol. The molecule has 1 amide bonds. The summed E-state index contributed by atoms with van der Waals surface area (Å²) in [5, 5.41) is 6.85. The third-order valence-electron chi connectivity index (χ3n) is 6.16. The molecule has 2 aliphatic rings. The molecule has 31 heavy (non-hydrogen) atoms. The average Bonchev–Trinajstić information content (AvgIpc) is 2.98. The van der Waals surface area contributed by atoms with E-state index in [1.54, 1.807) is 12.1 Å². The van der Waals surface area contributed by atoms with E-state index in [1.165, 1.54) is 0 Å². The summed E-state index contributed by atoms with van der Waals surface area (Å²) in [5.41, 5.74) is 7.62. The number of nitrogen functional groups attached to an aromatic ring is 1. The van der Waals surface area contributed by atoms with Crippen LogP contribution in [0.1, 0.15) is 36.0 Å². The molecule has 1 aromatic heterocycles. The summed E-state index contributed by atoms with van der Waals surface area (Å²) in [5.74, 6) is 1.07. The number of anilines is 2. The van der Waals surface area contributed by atoms with Gasteiger partial charge in [-0.3, -0.25) is 14.6 Å². The normalized spacial score (nSPS) is 16.0. The van der Waals surface area contributed by atoms with Gasteiger partial charge in [0.1, 0.15) is 11.5 Å². The van der Waals surface area contributed by atoms with Gasteiger partial charge >= 0.3 is 5.69 Å². The molecule has 158 valence electrons. The van der Waals surface area contributed by atoms with Crippen LogP contribution in [-0.4, -0.2) is 20.7 Å². The molecule has 0 bridgehead atoms. The van der Waals surface area contributed by atoms with Crippen LogP contribution in [0.2, 0.25) is 0 Å². The van der Waals surface area contributed by atoms with Crippen molar-refractivity contribution in [2.24, 2.45) is 0 Å². The Hall–Kier alpha value is -3.88. The van der Waals surface area contributed by atoms with Crippen LogP contribution in [-0.2, 0) is 10.2 Å². The molecule has 0 radical (unpaired) electrons. The molecular weight excluding hydrogens is 398 g/mol. The van der Waals surface area contributed by atoms with Gasteiger partial charge in [0.2, 0.25) is 11.7 Å². The van der Waals surface area contributed by atoms with Crippen molar-refractivity contribution in [3.63, 3.8) is 0 Å². The lowest BCUT2D eigenvalue weighted by Gasteiger charge is -2.36. The predicted molar refractivity (Wildman–Crippen MR) is 115 cm³/mol.